The summed E-state index contributed by atoms with van der Waals surface area (Å²) >= 11 is 0. The summed E-state index contributed by atoms with van der Waals surface area (Å²) in [6, 6.07) is 14.9. The van der Waals surface area contributed by atoms with Crippen molar-refractivity contribution in [1.29, 1.82) is 0 Å². The second-order valence-corrected chi connectivity index (χ2v) is 4.85. The molecule has 1 unspecified atom stereocenters. The summed E-state index contributed by atoms with van der Waals surface area (Å²) in [6.07, 6.45) is 5.53. The molecule has 106 valence electrons. The Kier molecular flexibility index (Phi) is 3.60. The Balaban J connectivity index is 1.70. The van der Waals surface area contributed by atoms with E-state index in [1.807, 2.05) is 72.4 Å². The highest BCUT2D eigenvalue weighted by atomic mass is 16.3. The van der Waals surface area contributed by atoms with Gasteiger partial charge in [-0.25, -0.2) is 0 Å². The minimum atomic E-state index is -0.156. The van der Waals surface area contributed by atoms with Crippen LogP contribution in [0.4, 0.5) is 0 Å². The molecule has 0 spiro atoms. The maximum absolute atomic E-state index is 12.2. The highest BCUT2D eigenvalue weighted by molar-refractivity contribution is 5.94. The van der Waals surface area contributed by atoms with Gasteiger partial charge < -0.3 is 14.3 Å². The number of furan rings is 1. The van der Waals surface area contributed by atoms with E-state index in [-0.39, 0.29) is 11.9 Å². The number of hydrogen-bond donors (Lipinski definition) is 1. The molecule has 1 aromatic carbocycles. The first-order chi connectivity index (χ1) is 10.2. The van der Waals surface area contributed by atoms with E-state index in [9.17, 15) is 4.79 Å². The number of aromatic nitrogens is 1. The van der Waals surface area contributed by atoms with Crippen LogP contribution in [0.15, 0.2) is 71.6 Å². The van der Waals surface area contributed by atoms with Gasteiger partial charge in [0.05, 0.1) is 12.3 Å². The lowest BCUT2D eigenvalue weighted by atomic mass is 10.1. The number of carbonyl (C=O) groups is 1. The second kappa shape index (κ2) is 5.71. The van der Waals surface area contributed by atoms with Crippen LogP contribution in [-0.4, -0.2) is 10.5 Å². The smallest absolute Gasteiger partial charge is 0.251 e. The summed E-state index contributed by atoms with van der Waals surface area (Å²) in [6.45, 7) is 1.89. The Hall–Kier alpha value is -2.75. The van der Waals surface area contributed by atoms with E-state index < -0.39 is 0 Å². The predicted molar refractivity (Wildman–Crippen MR) is 80.4 cm³/mol. The molecule has 3 aromatic rings. The van der Waals surface area contributed by atoms with Crippen molar-refractivity contribution < 1.29 is 9.21 Å². The van der Waals surface area contributed by atoms with Gasteiger partial charge in [-0.3, -0.25) is 4.79 Å². The summed E-state index contributed by atoms with van der Waals surface area (Å²) < 4.78 is 7.28. The van der Waals surface area contributed by atoms with Gasteiger partial charge in [-0.2, -0.15) is 0 Å². The van der Waals surface area contributed by atoms with E-state index in [0.29, 0.717) is 5.56 Å². The average molecular weight is 280 g/mol. The van der Waals surface area contributed by atoms with E-state index in [4.69, 9.17) is 4.42 Å². The molecule has 0 aliphatic carbocycles. The molecule has 4 heteroatoms. The molecule has 2 aromatic heterocycles. The molecule has 0 saturated carbocycles. The van der Waals surface area contributed by atoms with Gasteiger partial charge in [0.25, 0.3) is 5.91 Å². The predicted octanol–water partition coefficient (Wildman–Crippen LogP) is 3.56. The number of hydrogen-bond acceptors (Lipinski definition) is 2. The first kappa shape index (κ1) is 13.2. The lowest BCUT2D eigenvalue weighted by molar-refractivity contribution is 0.0935. The van der Waals surface area contributed by atoms with Crippen molar-refractivity contribution in [2.75, 3.05) is 0 Å². The summed E-state index contributed by atoms with van der Waals surface area (Å²) in [5.41, 5.74) is 1.65. The molecular formula is C17H16N2O2. The van der Waals surface area contributed by atoms with Gasteiger partial charge >= 0.3 is 0 Å². The Bertz CT molecular complexity index is 698. The van der Waals surface area contributed by atoms with E-state index >= 15 is 0 Å². The number of rotatable bonds is 4. The first-order valence-electron chi connectivity index (χ1n) is 6.82. The van der Waals surface area contributed by atoms with E-state index in [2.05, 4.69) is 5.32 Å². The van der Waals surface area contributed by atoms with Gasteiger partial charge in [0, 0.05) is 23.6 Å². The minimum Gasteiger partial charge on any atom is -0.467 e. The summed E-state index contributed by atoms with van der Waals surface area (Å²) in [5, 5.41) is 2.91. The van der Waals surface area contributed by atoms with Crippen LogP contribution in [0.5, 0.6) is 0 Å². The lowest BCUT2D eigenvalue weighted by Crippen LogP contribution is -2.26. The van der Waals surface area contributed by atoms with Crippen LogP contribution < -0.4 is 5.32 Å². The Morgan fingerprint density at radius 3 is 2.43 bits per heavy atom. The fourth-order valence-corrected chi connectivity index (χ4v) is 2.18. The molecule has 4 nitrogen and oxygen atoms in total. The molecule has 0 aliphatic heterocycles. The van der Waals surface area contributed by atoms with Crippen molar-refractivity contribution in [3.8, 4) is 5.69 Å². The molecule has 3 rings (SSSR count). The van der Waals surface area contributed by atoms with Crippen LogP contribution in [0.2, 0.25) is 0 Å². The quantitative estimate of drug-likeness (QED) is 0.794. The van der Waals surface area contributed by atoms with Crippen molar-refractivity contribution in [3.63, 3.8) is 0 Å². The topological polar surface area (TPSA) is 47.2 Å². The minimum absolute atomic E-state index is 0.113. The highest BCUT2D eigenvalue weighted by Gasteiger charge is 2.13. The molecule has 0 fully saturated rings. The Labute approximate surface area is 123 Å². The van der Waals surface area contributed by atoms with Gasteiger partial charge in [0.15, 0.2) is 0 Å². The maximum Gasteiger partial charge on any atom is 0.251 e. The largest absolute Gasteiger partial charge is 0.467 e. The number of carbonyl (C=O) groups excluding carboxylic acids is 1. The summed E-state index contributed by atoms with van der Waals surface area (Å²) in [5.74, 6) is 0.630. The standard InChI is InChI=1S/C17H16N2O2/c1-13(16-5-4-12-21-16)18-17(20)14-6-8-15(9-7-14)19-10-2-3-11-19/h2-13H,1H3,(H,18,20). The molecular weight excluding hydrogens is 264 g/mol. The lowest BCUT2D eigenvalue weighted by Gasteiger charge is -2.12. The first-order valence-corrected chi connectivity index (χ1v) is 6.82. The molecule has 2 heterocycles. The van der Waals surface area contributed by atoms with Crippen molar-refractivity contribution in [2.45, 2.75) is 13.0 Å². The second-order valence-electron chi connectivity index (χ2n) is 4.85. The fourth-order valence-electron chi connectivity index (χ4n) is 2.18. The van der Waals surface area contributed by atoms with Crippen LogP contribution in [0.1, 0.15) is 29.1 Å². The molecule has 0 saturated heterocycles. The molecule has 0 radical (unpaired) electrons. The third-order valence-corrected chi connectivity index (χ3v) is 3.35. The number of nitrogens with zero attached hydrogens (tertiary/aromatic N) is 1. The molecule has 0 bridgehead atoms. The van der Waals surface area contributed by atoms with Crippen LogP contribution in [0.25, 0.3) is 5.69 Å². The molecule has 1 amide bonds. The third-order valence-electron chi connectivity index (χ3n) is 3.35. The Morgan fingerprint density at radius 2 is 1.81 bits per heavy atom. The van der Waals surface area contributed by atoms with E-state index in [1.165, 1.54) is 0 Å². The zero-order valence-electron chi connectivity index (χ0n) is 11.7. The summed E-state index contributed by atoms with van der Waals surface area (Å²) in [7, 11) is 0. The van der Waals surface area contributed by atoms with Crippen molar-refractivity contribution in [1.82, 2.24) is 9.88 Å². The van der Waals surface area contributed by atoms with Gasteiger partial charge in [-0.05, 0) is 55.5 Å². The third kappa shape index (κ3) is 2.89. The van der Waals surface area contributed by atoms with Crippen LogP contribution in [-0.2, 0) is 0 Å². The molecule has 1 N–H and O–H groups in total. The zero-order chi connectivity index (χ0) is 14.7. The van der Waals surface area contributed by atoms with Gasteiger partial charge in [-0.1, -0.05) is 0 Å². The van der Waals surface area contributed by atoms with Gasteiger partial charge in [0.2, 0.25) is 0 Å². The maximum atomic E-state index is 12.2. The van der Waals surface area contributed by atoms with E-state index in [1.54, 1.807) is 6.26 Å². The monoisotopic (exact) mass is 280 g/mol. The highest BCUT2D eigenvalue weighted by Crippen LogP contribution is 2.14. The van der Waals surface area contributed by atoms with Gasteiger partial charge in [-0.15, -0.1) is 0 Å². The molecule has 0 aliphatic rings. The molecule has 21 heavy (non-hydrogen) atoms. The number of benzene rings is 1. The molecule has 1 atom stereocenters. The number of nitrogens with one attached hydrogen (secondary N) is 1. The van der Waals surface area contributed by atoms with Crippen molar-refractivity contribution in [3.05, 3.63) is 78.5 Å². The summed E-state index contributed by atoms with van der Waals surface area (Å²) in [4.78, 5) is 12.2. The van der Waals surface area contributed by atoms with Crippen LogP contribution >= 0.6 is 0 Å². The Morgan fingerprint density at radius 1 is 1.10 bits per heavy atom. The normalized spacial score (nSPS) is 12.0. The zero-order valence-corrected chi connectivity index (χ0v) is 11.7. The fraction of sp³-hybridized carbons (Fsp3) is 0.118. The SMILES string of the molecule is CC(NC(=O)c1ccc(-n2cccc2)cc1)c1ccco1. The van der Waals surface area contributed by atoms with Crippen LogP contribution in [0.3, 0.4) is 0 Å². The van der Waals surface area contributed by atoms with Gasteiger partial charge in [0.1, 0.15) is 5.76 Å². The number of amides is 1. The van der Waals surface area contributed by atoms with Crippen LogP contribution in [0, 0.1) is 0 Å². The van der Waals surface area contributed by atoms with Crippen molar-refractivity contribution >= 4 is 5.91 Å². The van der Waals surface area contributed by atoms with E-state index in [0.717, 1.165) is 11.4 Å². The van der Waals surface area contributed by atoms with Crippen molar-refractivity contribution in [2.24, 2.45) is 0 Å². The average Bonchev–Trinajstić information content (AvgIpc) is 3.20.